The van der Waals surface area contributed by atoms with Crippen molar-refractivity contribution in [2.75, 3.05) is 6.61 Å². The van der Waals surface area contributed by atoms with E-state index in [-0.39, 0.29) is 5.91 Å². The van der Waals surface area contributed by atoms with Crippen LogP contribution in [0.2, 0.25) is 0 Å². The summed E-state index contributed by atoms with van der Waals surface area (Å²) in [6, 6.07) is 27.3. The summed E-state index contributed by atoms with van der Waals surface area (Å²) in [6.07, 6.45) is 1.58. The SMILES string of the molecule is CCOc1cc(/C=N\NC(=O)c2ccc(I)cc2)ccc1OCc1cccc2ccccc12. The first-order valence-corrected chi connectivity index (χ1v) is 11.7. The number of benzene rings is 4. The van der Waals surface area contributed by atoms with E-state index in [0.29, 0.717) is 30.3 Å². The fourth-order valence-corrected chi connectivity index (χ4v) is 3.76. The number of ether oxygens (including phenoxy) is 2. The Morgan fingerprint density at radius 2 is 1.73 bits per heavy atom. The average molecular weight is 550 g/mol. The Morgan fingerprint density at radius 3 is 2.55 bits per heavy atom. The Labute approximate surface area is 206 Å². The standard InChI is InChI=1S/C27H23IN2O3/c1-2-32-26-16-19(17-29-30-27(31)21-11-13-23(28)14-12-21)10-15-25(26)33-18-22-8-5-7-20-6-3-4-9-24(20)22/h3-17H,2,18H2,1H3,(H,30,31)/b29-17-. The molecule has 6 heteroatoms. The van der Waals surface area contributed by atoms with Crippen LogP contribution in [0, 0.1) is 3.57 Å². The zero-order valence-corrected chi connectivity index (χ0v) is 20.3. The van der Waals surface area contributed by atoms with Crippen LogP contribution in [-0.2, 0) is 6.61 Å². The average Bonchev–Trinajstić information content (AvgIpc) is 2.84. The molecule has 0 unspecified atom stereocenters. The van der Waals surface area contributed by atoms with Gasteiger partial charge in [0.2, 0.25) is 0 Å². The molecular formula is C27H23IN2O3. The third kappa shape index (κ3) is 5.90. The summed E-state index contributed by atoms with van der Waals surface area (Å²) in [5.74, 6) is 1.03. The molecule has 0 radical (unpaired) electrons. The number of rotatable bonds is 8. The number of nitrogens with one attached hydrogen (secondary N) is 1. The summed E-state index contributed by atoms with van der Waals surface area (Å²) >= 11 is 2.20. The number of carbonyl (C=O) groups excluding carboxylic acids is 1. The molecule has 0 heterocycles. The second-order valence-electron chi connectivity index (χ2n) is 7.27. The second-order valence-corrected chi connectivity index (χ2v) is 8.52. The van der Waals surface area contributed by atoms with Gasteiger partial charge in [0.15, 0.2) is 11.5 Å². The zero-order valence-electron chi connectivity index (χ0n) is 18.1. The molecule has 0 aromatic heterocycles. The molecule has 33 heavy (non-hydrogen) atoms. The number of hydrogen-bond acceptors (Lipinski definition) is 4. The molecular weight excluding hydrogens is 527 g/mol. The van der Waals surface area contributed by atoms with Gasteiger partial charge in [-0.05, 0) is 93.9 Å². The number of amides is 1. The molecule has 4 aromatic rings. The van der Waals surface area contributed by atoms with Crippen molar-refractivity contribution in [3.05, 3.63) is 105 Å². The molecule has 0 aliphatic carbocycles. The van der Waals surface area contributed by atoms with E-state index in [2.05, 4.69) is 57.4 Å². The Morgan fingerprint density at radius 1 is 0.939 bits per heavy atom. The van der Waals surface area contributed by atoms with Crippen molar-refractivity contribution in [1.82, 2.24) is 5.43 Å². The van der Waals surface area contributed by atoms with Gasteiger partial charge in [-0.25, -0.2) is 5.43 Å². The van der Waals surface area contributed by atoms with Crippen molar-refractivity contribution in [3.8, 4) is 11.5 Å². The first kappa shape index (κ1) is 22.8. The van der Waals surface area contributed by atoms with Crippen LogP contribution in [0.15, 0.2) is 90.0 Å². The topological polar surface area (TPSA) is 59.9 Å². The molecule has 0 fully saturated rings. The van der Waals surface area contributed by atoms with Gasteiger partial charge in [0, 0.05) is 9.13 Å². The van der Waals surface area contributed by atoms with Crippen LogP contribution < -0.4 is 14.9 Å². The molecule has 1 N–H and O–H groups in total. The minimum Gasteiger partial charge on any atom is -0.490 e. The fourth-order valence-electron chi connectivity index (χ4n) is 3.40. The number of hydrogen-bond donors (Lipinski definition) is 1. The highest BCUT2D eigenvalue weighted by Crippen LogP contribution is 2.30. The van der Waals surface area contributed by atoms with Gasteiger partial charge in [-0.1, -0.05) is 42.5 Å². The third-order valence-electron chi connectivity index (χ3n) is 5.02. The summed E-state index contributed by atoms with van der Waals surface area (Å²) < 4.78 is 13.0. The van der Waals surface area contributed by atoms with E-state index >= 15 is 0 Å². The summed E-state index contributed by atoms with van der Waals surface area (Å²) in [6.45, 7) is 2.87. The lowest BCUT2D eigenvalue weighted by molar-refractivity contribution is 0.0955. The minimum absolute atomic E-state index is 0.261. The lowest BCUT2D eigenvalue weighted by Gasteiger charge is -2.13. The Bertz CT molecular complexity index is 1280. The number of hydrazone groups is 1. The highest BCUT2D eigenvalue weighted by molar-refractivity contribution is 14.1. The minimum atomic E-state index is -0.261. The first-order chi connectivity index (χ1) is 16.1. The largest absolute Gasteiger partial charge is 0.490 e. The normalized spacial score (nSPS) is 11.0. The van der Waals surface area contributed by atoms with Crippen molar-refractivity contribution in [2.45, 2.75) is 13.5 Å². The molecule has 4 aromatic carbocycles. The van der Waals surface area contributed by atoms with Gasteiger partial charge in [-0.2, -0.15) is 5.10 Å². The summed E-state index contributed by atoms with van der Waals surface area (Å²) in [4.78, 5) is 12.2. The quantitative estimate of drug-likeness (QED) is 0.162. The lowest BCUT2D eigenvalue weighted by Crippen LogP contribution is -2.17. The van der Waals surface area contributed by atoms with Gasteiger partial charge in [0.05, 0.1) is 12.8 Å². The van der Waals surface area contributed by atoms with E-state index in [0.717, 1.165) is 14.7 Å². The van der Waals surface area contributed by atoms with Gasteiger partial charge >= 0.3 is 0 Å². The van der Waals surface area contributed by atoms with Crippen molar-refractivity contribution >= 4 is 45.5 Å². The van der Waals surface area contributed by atoms with Crippen LogP contribution in [-0.4, -0.2) is 18.7 Å². The molecule has 0 aliphatic rings. The van der Waals surface area contributed by atoms with E-state index in [4.69, 9.17) is 9.47 Å². The second kappa shape index (κ2) is 11.0. The van der Waals surface area contributed by atoms with Gasteiger partial charge in [-0.3, -0.25) is 4.79 Å². The molecule has 1 amide bonds. The van der Waals surface area contributed by atoms with E-state index < -0.39 is 0 Å². The molecule has 0 saturated carbocycles. The predicted octanol–water partition coefficient (Wildman–Crippen LogP) is 6.19. The van der Waals surface area contributed by atoms with Crippen LogP contribution in [0.3, 0.4) is 0 Å². The van der Waals surface area contributed by atoms with Crippen molar-refractivity contribution in [2.24, 2.45) is 5.10 Å². The summed E-state index contributed by atoms with van der Waals surface area (Å²) in [5, 5.41) is 6.43. The Balaban J connectivity index is 1.45. The lowest BCUT2D eigenvalue weighted by atomic mass is 10.1. The van der Waals surface area contributed by atoms with Crippen molar-refractivity contribution in [3.63, 3.8) is 0 Å². The van der Waals surface area contributed by atoms with E-state index in [1.165, 1.54) is 10.8 Å². The van der Waals surface area contributed by atoms with Crippen LogP contribution in [0.25, 0.3) is 10.8 Å². The fraction of sp³-hybridized carbons (Fsp3) is 0.111. The molecule has 0 saturated heterocycles. The van der Waals surface area contributed by atoms with Crippen LogP contribution in [0.1, 0.15) is 28.4 Å². The van der Waals surface area contributed by atoms with Gasteiger partial charge in [-0.15, -0.1) is 0 Å². The van der Waals surface area contributed by atoms with Gasteiger partial charge in [0.1, 0.15) is 6.61 Å². The Hall–Kier alpha value is -3.39. The molecule has 0 atom stereocenters. The van der Waals surface area contributed by atoms with Gasteiger partial charge in [0.25, 0.3) is 5.91 Å². The van der Waals surface area contributed by atoms with Crippen LogP contribution >= 0.6 is 22.6 Å². The number of carbonyl (C=O) groups is 1. The summed E-state index contributed by atoms with van der Waals surface area (Å²) in [5.41, 5.74) is 5.01. The Kier molecular flexibility index (Phi) is 7.57. The van der Waals surface area contributed by atoms with Crippen LogP contribution in [0.4, 0.5) is 0 Å². The zero-order chi connectivity index (χ0) is 23.0. The van der Waals surface area contributed by atoms with Crippen LogP contribution in [0.5, 0.6) is 11.5 Å². The molecule has 0 bridgehead atoms. The monoisotopic (exact) mass is 550 g/mol. The highest BCUT2D eigenvalue weighted by atomic mass is 127. The number of fused-ring (bicyclic) bond motifs is 1. The molecule has 0 aliphatic heterocycles. The van der Waals surface area contributed by atoms with Crippen molar-refractivity contribution in [1.29, 1.82) is 0 Å². The first-order valence-electron chi connectivity index (χ1n) is 10.6. The van der Waals surface area contributed by atoms with Gasteiger partial charge < -0.3 is 9.47 Å². The maximum Gasteiger partial charge on any atom is 0.271 e. The number of halogens is 1. The van der Waals surface area contributed by atoms with E-state index in [9.17, 15) is 4.79 Å². The third-order valence-corrected chi connectivity index (χ3v) is 5.74. The molecule has 166 valence electrons. The van der Waals surface area contributed by atoms with E-state index in [1.54, 1.807) is 18.3 Å². The highest BCUT2D eigenvalue weighted by Gasteiger charge is 2.08. The predicted molar refractivity (Wildman–Crippen MR) is 140 cm³/mol. The summed E-state index contributed by atoms with van der Waals surface area (Å²) in [7, 11) is 0. The van der Waals surface area contributed by atoms with Crippen molar-refractivity contribution < 1.29 is 14.3 Å². The maximum atomic E-state index is 12.2. The molecule has 4 rings (SSSR count). The smallest absolute Gasteiger partial charge is 0.271 e. The van der Waals surface area contributed by atoms with E-state index in [1.807, 2.05) is 55.5 Å². The molecule has 0 spiro atoms. The molecule has 5 nitrogen and oxygen atoms in total. The maximum absolute atomic E-state index is 12.2. The number of nitrogens with zero attached hydrogens (tertiary/aromatic N) is 1.